The van der Waals surface area contributed by atoms with Crippen LogP contribution >= 0.6 is 8.19 Å². The van der Waals surface area contributed by atoms with Crippen LogP contribution in [0.15, 0.2) is 60.4 Å². The third-order valence-corrected chi connectivity index (χ3v) is 4.65. The average Bonchev–Trinajstić information content (AvgIpc) is 3.05. The predicted octanol–water partition coefficient (Wildman–Crippen LogP) is 4.97. The highest BCUT2D eigenvalue weighted by molar-refractivity contribution is 7.33. The number of rotatable bonds is 1. The quantitative estimate of drug-likeness (QED) is 0.445. The second kappa shape index (κ2) is 3.86. The van der Waals surface area contributed by atoms with Gasteiger partial charge in [-0.25, -0.2) is 0 Å². The largest absolute Gasteiger partial charge is 0.132 e. The first-order chi connectivity index (χ1) is 8.93. The molecule has 0 amide bonds. The van der Waals surface area contributed by atoms with Crippen LogP contribution in [0.2, 0.25) is 0 Å². The Bertz CT molecular complexity index is 708. The smallest absolute Gasteiger partial charge is 0.0218 e. The van der Waals surface area contributed by atoms with Crippen molar-refractivity contribution in [2.24, 2.45) is 0 Å². The first-order valence-electron chi connectivity index (χ1n) is 6.14. The van der Waals surface area contributed by atoms with Crippen molar-refractivity contribution in [3.05, 3.63) is 77.9 Å². The lowest BCUT2D eigenvalue weighted by Gasteiger charge is -2.06. The number of hydrogen-bond acceptors (Lipinski definition) is 0. The molecule has 0 aliphatic heterocycles. The molecule has 1 heteroatoms. The van der Waals surface area contributed by atoms with Gasteiger partial charge in [-0.1, -0.05) is 54.6 Å². The zero-order valence-electron chi connectivity index (χ0n) is 9.85. The van der Waals surface area contributed by atoms with Gasteiger partial charge in [0, 0.05) is 6.42 Å². The standard InChI is InChI=1S/C17H12P/c1-2-6-13-12(5-1)11-16-14(13)7-3-8-15(16)17-9-4-10-18-17/h1-11,18H. The summed E-state index contributed by atoms with van der Waals surface area (Å²) in [5.74, 6) is 2.25. The highest BCUT2D eigenvalue weighted by Crippen LogP contribution is 2.44. The van der Waals surface area contributed by atoms with E-state index in [1.54, 1.807) is 0 Å². The van der Waals surface area contributed by atoms with E-state index in [-0.39, 0.29) is 0 Å². The summed E-state index contributed by atoms with van der Waals surface area (Å²) in [4.78, 5) is 0. The monoisotopic (exact) mass is 247 g/mol. The van der Waals surface area contributed by atoms with Crippen molar-refractivity contribution in [3.8, 4) is 22.0 Å². The molecule has 0 saturated carbocycles. The first-order valence-corrected chi connectivity index (χ1v) is 7.22. The summed E-state index contributed by atoms with van der Waals surface area (Å²) in [6.45, 7) is 0. The van der Waals surface area contributed by atoms with E-state index in [2.05, 4.69) is 66.8 Å². The zero-order valence-corrected chi connectivity index (χ0v) is 10.9. The molecule has 1 atom stereocenters. The molecule has 0 spiro atoms. The fourth-order valence-electron chi connectivity index (χ4n) is 2.71. The molecule has 2 aromatic carbocycles. The van der Waals surface area contributed by atoms with Crippen LogP contribution in [0, 0.1) is 6.42 Å². The third kappa shape index (κ3) is 1.39. The topological polar surface area (TPSA) is 0 Å². The lowest BCUT2D eigenvalue weighted by atomic mass is 10.0. The van der Waals surface area contributed by atoms with Crippen molar-refractivity contribution in [1.29, 1.82) is 0 Å². The van der Waals surface area contributed by atoms with Crippen molar-refractivity contribution >= 4 is 8.19 Å². The molecule has 1 heterocycles. The van der Waals surface area contributed by atoms with Gasteiger partial charge in [0.1, 0.15) is 0 Å². The van der Waals surface area contributed by atoms with E-state index in [1.807, 2.05) is 0 Å². The molecule has 1 aromatic heterocycles. The molecule has 1 radical (unpaired) electrons. The molecular weight excluding hydrogens is 235 g/mol. The van der Waals surface area contributed by atoms with Crippen molar-refractivity contribution in [2.45, 2.75) is 0 Å². The van der Waals surface area contributed by atoms with E-state index in [0.717, 1.165) is 8.19 Å². The van der Waals surface area contributed by atoms with Gasteiger partial charge in [0.05, 0.1) is 0 Å². The highest BCUT2D eigenvalue weighted by atomic mass is 31.0. The van der Waals surface area contributed by atoms with Crippen LogP contribution < -0.4 is 0 Å². The summed E-state index contributed by atoms with van der Waals surface area (Å²) in [5, 5.41) is 1.45. The van der Waals surface area contributed by atoms with Crippen molar-refractivity contribution in [2.75, 3.05) is 0 Å². The van der Waals surface area contributed by atoms with Gasteiger partial charge in [-0.2, -0.15) is 0 Å². The van der Waals surface area contributed by atoms with Crippen LogP contribution in [0.1, 0.15) is 11.1 Å². The van der Waals surface area contributed by atoms with E-state index in [0.29, 0.717) is 0 Å². The molecular formula is C17H12P. The fourth-order valence-corrected chi connectivity index (χ4v) is 3.65. The normalized spacial score (nSPS) is 12.7. The minimum Gasteiger partial charge on any atom is -0.132 e. The van der Waals surface area contributed by atoms with Crippen LogP contribution in [0.5, 0.6) is 0 Å². The fraction of sp³-hybridized carbons (Fsp3) is 0. The Morgan fingerprint density at radius 2 is 1.50 bits per heavy atom. The maximum Gasteiger partial charge on any atom is 0.0218 e. The summed E-state index contributed by atoms with van der Waals surface area (Å²) in [6.07, 6.45) is 2.32. The minimum atomic E-state index is 0.808. The molecule has 0 fully saturated rings. The molecule has 1 unspecified atom stereocenters. The van der Waals surface area contributed by atoms with E-state index < -0.39 is 0 Å². The Labute approximate surface area is 108 Å². The molecule has 85 valence electrons. The Morgan fingerprint density at radius 1 is 0.667 bits per heavy atom. The maximum absolute atomic E-state index is 2.32. The summed E-state index contributed by atoms with van der Waals surface area (Å²) >= 11 is 0. The van der Waals surface area contributed by atoms with Gasteiger partial charge in [-0.05, 0) is 38.9 Å². The SMILES string of the molecule is [CH]1c2ccccc2-c2cccc(-c3ccc[pH]3)c21. The van der Waals surface area contributed by atoms with Gasteiger partial charge in [-0.15, -0.1) is 8.19 Å². The van der Waals surface area contributed by atoms with Crippen molar-refractivity contribution in [1.82, 2.24) is 0 Å². The Kier molecular flexibility index (Phi) is 2.18. The lowest BCUT2D eigenvalue weighted by molar-refractivity contribution is 1.54. The van der Waals surface area contributed by atoms with Gasteiger partial charge in [0.25, 0.3) is 0 Å². The van der Waals surface area contributed by atoms with Gasteiger partial charge >= 0.3 is 0 Å². The van der Waals surface area contributed by atoms with Gasteiger partial charge < -0.3 is 0 Å². The van der Waals surface area contributed by atoms with E-state index in [1.165, 1.54) is 33.1 Å². The minimum absolute atomic E-state index is 0.808. The summed E-state index contributed by atoms with van der Waals surface area (Å²) in [6, 6.07) is 19.7. The Morgan fingerprint density at radius 3 is 2.39 bits per heavy atom. The molecule has 1 aliphatic carbocycles. The van der Waals surface area contributed by atoms with Crippen LogP contribution in [0.4, 0.5) is 0 Å². The van der Waals surface area contributed by atoms with Crippen LogP contribution in [-0.4, -0.2) is 0 Å². The molecule has 3 aromatic rings. The van der Waals surface area contributed by atoms with Gasteiger partial charge in [0.15, 0.2) is 0 Å². The van der Waals surface area contributed by atoms with E-state index >= 15 is 0 Å². The number of benzene rings is 2. The van der Waals surface area contributed by atoms with Crippen LogP contribution in [-0.2, 0) is 0 Å². The molecule has 0 N–H and O–H groups in total. The van der Waals surface area contributed by atoms with Crippen molar-refractivity contribution in [3.63, 3.8) is 0 Å². The zero-order chi connectivity index (χ0) is 11.9. The number of fused-ring (bicyclic) bond motifs is 3. The Hall–Kier alpha value is -1.78. The van der Waals surface area contributed by atoms with Crippen molar-refractivity contribution < 1.29 is 0 Å². The molecule has 18 heavy (non-hydrogen) atoms. The summed E-state index contributed by atoms with van der Waals surface area (Å²) < 4.78 is 0. The lowest BCUT2D eigenvalue weighted by Crippen LogP contribution is -1.83. The molecule has 0 bridgehead atoms. The molecule has 1 aliphatic rings. The summed E-state index contributed by atoms with van der Waals surface area (Å²) in [7, 11) is 0.808. The van der Waals surface area contributed by atoms with Gasteiger partial charge in [0.2, 0.25) is 0 Å². The van der Waals surface area contributed by atoms with Crippen LogP contribution in [0.3, 0.4) is 0 Å². The third-order valence-electron chi connectivity index (χ3n) is 3.55. The predicted molar refractivity (Wildman–Crippen MR) is 79.3 cm³/mol. The second-order valence-corrected chi connectivity index (χ2v) is 5.74. The highest BCUT2D eigenvalue weighted by Gasteiger charge is 2.21. The van der Waals surface area contributed by atoms with Crippen LogP contribution in [0.25, 0.3) is 22.0 Å². The molecule has 0 saturated heterocycles. The molecule has 4 rings (SSSR count). The van der Waals surface area contributed by atoms with E-state index in [9.17, 15) is 0 Å². The molecule has 0 nitrogen and oxygen atoms in total. The second-order valence-electron chi connectivity index (χ2n) is 4.58. The maximum atomic E-state index is 2.32. The summed E-state index contributed by atoms with van der Waals surface area (Å²) in [5.41, 5.74) is 6.87. The Balaban J connectivity index is 1.97. The number of hydrogen-bond donors (Lipinski definition) is 0. The van der Waals surface area contributed by atoms with Gasteiger partial charge in [-0.3, -0.25) is 0 Å². The first kappa shape index (κ1) is 10.2. The van der Waals surface area contributed by atoms with E-state index in [4.69, 9.17) is 0 Å². The average molecular weight is 247 g/mol.